The largest absolute Gasteiger partial charge is 0.489 e. The fraction of sp³-hybridized carbons (Fsp3) is 0.217. The summed E-state index contributed by atoms with van der Waals surface area (Å²) in [5.74, 6) is -0.443. The van der Waals surface area contributed by atoms with Gasteiger partial charge in [-0.3, -0.25) is 9.36 Å². The summed E-state index contributed by atoms with van der Waals surface area (Å²) in [6.45, 7) is 3.98. The van der Waals surface area contributed by atoms with Crippen molar-refractivity contribution < 1.29 is 18.7 Å². The van der Waals surface area contributed by atoms with E-state index in [1.807, 2.05) is 6.92 Å². The third kappa shape index (κ3) is 4.41. The predicted molar refractivity (Wildman–Crippen MR) is 111 cm³/mol. The van der Waals surface area contributed by atoms with Gasteiger partial charge in [0.1, 0.15) is 18.2 Å². The van der Waals surface area contributed by atoms with E-state index < -0.39 is 5.97 Å². The van der Waals surface area contributed by atoms with Crippen LogP contribution in [0.15, 0.2) is 53.3 Å². The molecule has 2 aromatic carbocycles. The molecule has 0 radical (unpaired) electrons. The van der Waals surface area contributed by atoms with E-state index >= 15 is 0 Å². The topological polar surface area (TPSA) is 83.6 Å². The number of carbonyl (C=O) groups excluding carboxylic acids is 1. The van der Waals surface area contributed by atoms with Crippen LogP contribution in [0.1, 0.15) is 32.7 Å². The molecule has 0 aliphatic carbocycles. The third-order valence-electron chi connectivity index (χ3n) is 4.84. The van der Waals surface area contributed by atoms with Gasteiger partial charge in [-0.2, -0.15) is 0 Å². The van der Waals surface area contributed by atoms with Crippen LogP contribution < -0.4 is 16.0 Å². The van der Waals surface area contributed by atoms with Crippen molar-refractivity contribution in [3.05, 3.63) is 92.6 Å². The van der Waals surface area contributed by atoms with Crippen LogP contribution in [0, 0.1) is 19.7 Å². The Kier molecular flexibility index (Phi) is 6.32. The number of aromatic nitrogens is 1. The quantitative estimate of drug-likeness (QED) is 0.630. The van der Waals surface area contributed by atoms with E-state index in [4.69, 9.17) is 15.2 Å². The van der Waals surface area contributed by atoms with Gasteiger partial charge in [0.15, 0.2) is 0 Å². The van der Waals surface area contributed by atoms with Crippen molar-refractivity contribution >= 4 is 5.97 Å². The molecule has 0 bridgehead atoms. The molecule has 0 aliphatic heterocycles. The summed E-state index contributed by atoms with van der Waals surface area (Å²) in [6, 6.07) is 12.5. The number of ether oxygens (including phenoxy) is 2. The number of rotatable bonds is 6. The molecular weight excluding hydrogens is 387 g/mol. The molecule has 0 unspecified atom stereocenters. The second kappa shape index (κ2) is 8.92. The van der Waals surface area contributed by atoms with Gasteiger partial charge >= 0.3 is 5.97 Å². The molecule has 0 fully saturated rings. The minimum atomic E-state index is -0.475. The number of pyridine rings is 1. The smallest absolute Gasteiger partial charge is 0.337 e. The molecule has 0 aliphatic rings. The monoisotopic (exact) mass is 410 g/mol. The number of esters is 1. The van der Waals surface area contributed by atoms with Gasteiger partial charge in [0.05, 0.1) is 18.4 Å². The van der Waals surface area contributed by atoms with E-state index in [-0.39, 0.29) is 24.5 Å². The number of halogens is 1. The Morgan fingerprint density at radius 1 is 1.07 bits per heavy atom. The Balaban J connectivity index is 1.92. The standard InChI is InChI=1S/C23H23FN2O4/c1-14-4-5-16(23(28)29-3)10-21(14)26-15(2)8-20(11-22(26)27)30-13-17-6-7-19(24)9-18(17)12-25/h4-11H,12-13,25H2,1-3H3. The molecule has 0 saturated heterocycles. The van der Waals surface area contributed by atoms with E-state index in [9.17, 15) is 14.0 Å². The molecule has 1 heterocycles. The van der Waals surface area contributed by atoms with Crippen LogP contribution in [0.5, 0.6) is 5.75 Å². The molecule has 2 N–H and O–H groups in total. The summed E-state index contributed by atoms with van der Waals surface area (Å²) < 4.78 is 25.4. The number of hydrogen-bond donors (Lipinski definition) is 1. The van der Waals surface area contributed by atoms with Gasteiger partial charge in [-0.1, -0.05) is 12.1 Å². The number of carbonyl (C=O) groups is 1. The molecule has 6 nitrogen and oxygen atoms in total. The Bertz CT molecular complexity index is 1150. The molecule has 7 heteroatoms. The zero-order valence-corrected chi connectivity index (χ0v) is 17.1. The first-order valence-corrected chi connectivity index (χ1v) is 9.37. The lowest BCUT2D eigenvalue weighted by Gasteiger charge is -2.16. The minimum Gasteiger partial charge on any atom is -0.489 e. The van der Waals surface area contributed by atoms with Gasteiger partial charge < -0.3 is 15.2 Å². The highest BCUT2D eigenvalue weighted by Gasteiger charge is 2.13. The number of methoxy groups -OCH3 is 1. The van der Waals surface area contributed by atoms with Crippen LogP contribution in [-0.4, -0.2) is 17.6 Å². The van der Waals surface area contributed by atoms with Gasteiger partial charge in [-0.15, -0.1) is 0 Å². The van der Waals surface area contributed by atoms with Gasteiger partial charge in [0.25, 0.3) is 5.56 Å². The second-order valence-electron chi connectivity index (χ2n) is 6.90. The van der Waals surface area contributed by atoms with Crippen molar-refractivity contribution in [2.45, 2.75) is 27.0 Å². The van der Waals surface area contributed by atoms with E-state index in [0.717, 1.165) is 11.1 Å². The first kappa shape index (κ1) is 21.3. The van der Waals surface area contributed by atoms with E-state index in [2.05, 4.69) is 0 Å². The number of nitrogens with two attached hydrogens (primary N) is 1. The fourth-order valence-corrected chi connectivity index (χ4v) is 3.25. The van der Waals surface area contributed by atoms with Crippen LogP contribution in [0.2, 0.25) is 0 Å². The number of benzene rings is 2. The van der Waals surface area contributed by atoms with Gasteiger partial charge in [-0.05, 0) is 54.8 Å². The average molecular weight is 410 g/mol. The molecule has 0 amide bonds. The summed E-state index contributed by atoms with van der Waals surface area (Å²) in [5, 5.41) is 0. The predicted octanol–water partition coefficient (Wildman–Crippen LogP) is 3.42. The molecule has 30 heavy (non-hydrogen) atoms. The Hall–Kier alpha value is -3.45. The average Bonchev–Trinajstić information content (AvgIpc) is 2.73. The van der Waals surface area contributed by atoms with Crippen LogP contribution in [-0.2, 0) is 17.9 Å². The van der Waals surface area contributed by atoms with Gasteiger partial charge in [0, 0.05) is 24.4 Å². The second-order valence-corrected chi connectivity index (χ2v) is 6.90. The van der Waals surface area contributed by atoms with Crippen molar-refractivity contribution in [2.24, 2.45) is 5.73 Å². The maximum Gasteiger partial charge on any atom is 0.337 e. The summed E-state index contributed by atoms with van der Waals surface area (Å²) in [4.78, 5) is 24.7. The minimum absolute atomic E-state index is 0.159. The van der Waals surface area contributed by atoms with Crippen molar-refractivity contribution in [1.82, 2.24) is 4.57 Å². The van der Waals surface area contributed by atoms with Gasteiger partial charge in [0.2, 0.25) is 0 Å². The molecule has 0 saturated carbocycles. The molecule has 3 rings (SSSR count). The SMILES string of the molecule is COC(=O)c1ccc(C)c(-n2c(C)cc(OCc3ccc(F)cc3CN)cc2=O)c1. The van der Waals surface area contributed by atoms with Crippen molar-refractivity contribution in [3.8, 4) is 11.4 Å². The Morgan fingerprint density at radius 3 is 2.50 bits per heavy atom. The lowest BCUT2D eigenvalue weighted by atomic mass is 10.1. The first-order valence-electron chi connectivity index (χ1n) is 9.37. The maximum atomic E-state index is 13.4. The van der Waals surface area contributed by atoms with Crippen LogP contribution in [0.25, 0.3) is 5.69 Å². The van der Waals surface area contributed by atoms with Crippen molar-refractivity contribution in [1.29, 1.82) is 0 Å². The Morgan fingerprint density at radius 2 is 1.83 bits per heavy atom. The number of aryl methyl sites for hydroxylation is 2. The summed E-state index contributed by atoms with van der Waals surface area (Å²) >= 11 is 0. The number of nitrogens with zero attached hydrogens (tertiary/aromatic N) is 1. The summed E-state index contributed by atoms with van der Waals surface area (Å²) in [5.41, 5.74) is 9.20. The highest BCUT2D eigenvalue weighted by Crippen LogP contribution is 2.21. The zero-order chi connectivity index (χ0) is 21.8. The van der Waals surface area contributed by atoms with Crippen molar-refractivity contribution in [3.63, 3.8) is 0 Å². The molecule has 1 aromatic heterocycles. The molecule has 3 aromatic rings. The fourth-order valence-electron chi connectivity index (χ4n) is 3.25. The van der Waals surface area contributed by atoms with Crippen LogP contribution in [0.3, 0.4) is 0 Å². The lowest BCUT2D eigenvalue weighted by molar-refractivity contribution is 0.0600. The molecule has 0 atom stereocenters. The zero-order valence-electron chi connectivity index (χ0n) is 17.1. The molecular formula is C23H23FN2O4. The van der Waals surface area contributed by atoms with E-state index in [0.29, 0.717) is 28.3 Å². The molecule has 0 spiro atoms. The van der Waals surface area contributed by atoms with Gasteiger partial charge in [-0.25, -0.2) is 9.18 Å². The summed E-state index contributed by atoms with van der Waals surface area (Å²) in [7, 11) is 1.31. The maximum absolute atomic E-state index is 13.4. The lowest BCUT2D eigenvalue weighted by Crippen LogP contribution is -2.21. The van der Waals surface area contributed by atoms with Crippen molar-refractivity contribution in [2.75, 3.05) is 7.11 Å². The highest BCUT2D eigenvalue weighted by molar-refractivity contribution is 5.90. The normalized spacial score (nSPS) is 10.7. The summed E-state index contributed by atoms with van der Waals surface area (Å²) in [6.07, 6.45) is 0. The van der Waals surface area contributed by atoms with E-state index in [1.165, 1.54) is 29.9 Å². The first-order chi connectivity index (χ1) is 14.3. The van der Waals surface area contributed by atoms with Crippen LogP contribution >= 0.6 is 0 Å². The van der Waals surface area contributed by atoms with E-state index in [1.54, 1.807) is 37.3 Å². The van der Waals surface area contributed by atoms with Crippen LogP contribution in [0.4, 0.5) is 4.39 Å². The number of hydrogen-bond acceptors (Lipinski definition) is 5. The Labute approximate surface area is 173 Å². The highest BCUT2D eigenvalue weighted by atomic mass is 19.1. The third-order valence-corrected chi connectivity index (χ3v) is 4.84. The molecule has 156 valence electrons.